The van der Waals surface area contributed by atoms with Gasteiger partial charge in [0.1, 0.15) is 0 Å². The first-order valence-corrected chi connectivity index (χ1v) is 8.39. The first-order chi connectivity index (χ1) is 10.2. The molecule has 0 radical (unpaired) electrons. The Morgan fingerprint density at radius 2 is 2.00 bits per heavy atom. The fourth-order valence-electron chi connectivity index (χ4n) is 2.46. The number of pyridine rings is 1. The number of benzene rings is 1. The van der Waals surface area contributed by atoms with Crippen molar-refractivity contribution >= 4 is 27.5 Å². The van der Waals surface area contributed by atoms with Crippen molar-refractivity contribution in [2.45, 2.75) is 19.8 Å². The minimum Gasteiger partial charge on any atom is -0.317 e. The summed E-state index contributed by atoms with van der Waals surface area (Å²) >= 11 is 9.57. The Kier molecular flexibility index (Phi) is 6.68. The number of aromatic nitrogens is 1. The maximum absolute atomic E-state index is 6.08. The van der Waals surface area contributed by atoms with E-state index in [2.05, 4.69) is 51.4 Å². The standard InChI is InChI=1S/C17H20BrClN2/c1-2-20-10-14(6-13-4-3-5-17(19)9-13)7-15-8-16(18)12-21-11-15/h3-5,8-9,11-12,14,20H,2,6-7,10H2,1H3. The lowest BCUT2D eigenvalue weighted by molar-refractivity contribution is 0.477. The van der Waals surface area contributed by atoms with E-state index in [1.165, 1.54) is 11.1 Å². The van der Waals surface area contributed by atoms with E-state index in [-0.39, 0.29) is 0 Å². The molecular formula is C17H20BrClN2. The second kappa shape index (κ2) is 8.52. The predicted octanol–water partition coefficient (Wildman–Crippen LogP) is 4.51. The van der Waals surface area contributed by atoms with Crippen LogP contribution in [0.15, 0.2) is 47.2 Å². The first kappa shape index (κ1) is 16.5. The van der Waals surface area contributed by atoms with Crippen molar-refractivity contribution in [2.24, 2.45) is 5.92 Å². The molecule has 0 saturated carbocycles. The molecule has 1 aromatic heterocycles. The van der Waals surface area contributed by atoms with E-state index in [1.54, 1.807) is 0 Å². The van der Waals surface area contributed by atoms with Gasteiger partial charge in [-0.2, -0.15) is 0 Å². The van der Waals surface area contributed by atoms with Crippen LogP contribution in [0.3, 0.4) is 0 Å². The minimum atomic E-state index is 0.527. The molecule has 1 N–H and O–H groups in total. The first-order valence-electron chi connectivity index (χ1n) is 7.22. The largest absolute Gasteiger partial charge is 0.317 e. The van der Waals surface area contributed by atoms with Crippen molar-refractivity contribution in [3.05, 3.63) is 63.3 Å². The van der Waals surface area contributed by atoms with Gasteiger partial charge in [0.05, 0.1) is 0 Å². The minimum absolute atomic E-state index is 0.527. The van der Waals surface area contributed by atoms with Crippen LogP contribution in [0, 0.1) is 5.92 Å². The van der Waals surface area contributed by atoms with E-state index in [1.807, 2.05) is 24.5 Å². The fraction of sp³-hybridized carbons (Fsp3) is 0.353. The molecule has 1 atom stereocenters. The Bertz CT molecular complexity index is 527. The zero-order chi connectivity index (χ0) is 15.1. The lowest BCUT2D eigenvalue weighted by atomic mass is 9.93. The molecule has 1 unspecified atom stereocenters. The van der Waals surface area contributed by atoms with Gasteiger partial charge in [0.2, 0.25) is 0 Å². The van der Waals surface area contributed by atoms with E-state index < -0.39 is 0 Å². The van der Waals surface area contributed by atoms with Crippen LogP contribution in [-0.2, 0) is 12.8 Å². The Hall–Kier alpha value is -0.900. The van der Waals surface area contributed by atoms with Crippen molar-refractivity contribution in [3.63, 3.8) is 0 Å². The third-order valence-corrected chi connectivity index (χ3v) is 4.05. The summed E-state index contributed by atoms with van der Waals surface area (Å²) in [5, 5.41) is 4.26. The van der Waals surface area contributed by atoms with Gasteiger partial charge in [0, 0.05) is 21.9 Å². The van der Waals surface area contributed by atoms with E-state index in [0.717, 1.165) is 35.4 Å². The summed E-state index contributed by atoms with van der Waals surface area (Å²) in [5.41, 5.74) is 2.54. The molecule has 21 heavy (non-hydrogen) atoms. The van der Waals surface area contributed by atoms with E-state index in [9.17, 15) is 0 Å². The Morgan fingerprint density at radius 3 is 2.71 bits per heavy atom. The summed E-state index contributed by atoms with van der Waals surface area (Å²) in [6, 6.07) is 10.3. The van der Waals surface area contributed by atoms with Gasteiger partial charge in [0.25, 0.3) is 0 Å². The Labute approximate surface area is 140 Å². The second-order valence-corrected chi connectivity index (χ2v) is 6.58. The summed E-state index contributed by atoms with van der Waals surface area (Å²) in [6.45, 7) is 4.12. The second-order valence-electron chi connectivity index (χ2n) is 5.22. The average Bonchev–Trinajstić information content (AvgIpc) is 2.45. The highest BCUT2D eigenvalue weighted by molar-refractivity contribution is 9.10. The quantitative estimate of drug-likeness (QED) is 0.779. The van der Waals surface area contributed by atoms with Crippen LogP contribution in [0.2, 0.25) is 5.02 Å². The van der Waals surface area contributed by atoms with E-state index >= 15 is 0 Å². The van der Waals surface area contributed by atoms with Gasteiger partial charge in [-0.05, 0) is 77.1 Å². The molecule has 2 nitrogen and oxygen atoms in total. The fourth-order valence-corrected chi connectivity index (χ4v) is 3.09. The molecule has 0 aliphatic heterocycles. The molecule has 1 heterocycles. The molecule has 0 saturated heterocycles. The lowest BCUT2D eigenvalue weighted by Gasteiger charge is -2.18. The van der Waals surface area contributed by atoms with Crippen molar-refractivity contribution in [1.82, 2.24) is 10.3 Å². The highest BCUT2D eigenvalue weighted by Gasteiger charge is 2.11. The summed E-state index contributed by atoms with van der Waals surface area (Å²) in [6.07, 6.45) is 5.79. The number of nitrogens with one attached hydrogen (secondary N) is 1. The van der Waals surface area contributed by atoms with Crippen molar-refractivity contribution in [3.8, 4) is 0 Å². The summed E-state index contributed by atoms with van der Waals surface area (Å²) in [7, 11) is 0. The molecule has 0 spiro atoms. The van der Waals surface area contributed by atoms with Gasteiger partial charge in [0.15, 0.2) is 0 Å². The molecule has 0 aliphatic rings. The number of rotatable bonds is 7. The van der Waals surface area contributed by atoms with Crippen LogP contribution in [0.5, 0.6) is 0 Å². The smallest absolute Gasteiger partial charge is 0.0410 e. The zero-order valence-electron chi connectivity index (χ0n) is 12.2. The highest BCUT2D eigenvalue weighted by atomic mass is 79.9. The molecule has 0 amide bonds. The third kappa shape index (κ3) is 5.77. The Balaban J connectivity index is 2.06. The third-order valence-electron chi connectivity index (χ3n) is 3.38. The summed E-state index contributed by atoms with van der Waals surface area (Å²) in [4.78, 5) is 4.25. The van der Waals surface area contributed by atoms with Crippen molar-refractivity contribution < 1.29 is 0 Å². The van der Waals surface area contributed by atoms with Crippen LogP contribution < -0.4 is 5.32 Å². The molecule has 0 fully saturated rings. The van der Waals surface area contributed by atoms with Gasteiger partial charge in [-0.1, -0.05) is 30.7 Å². The van der Waals surface area contributed by atoms with Crippen LogP contribution >= 0.6 is 27.5 Å². The van der Waals surface area contributed by atoms with Crippen LogP contribution in [0.1, 0.15) is 18.1 Å². The molecule has 0 aliphatic carbocycles. The monoisotopic (exact) mass is 366 g/mol. The number of halogens is 2. The molecule has 4 heteroatoms. The summed E-state index contributed by atoms with van der Waals surface area (Å²) in [5.74, 6) is 0.527. The van der Waals surface area contributed by atoms with Gasteiger partial charge in [-0.25, -0.2) is 0 Å². The van der Waals surface area contributed by atoms with Gasteiger partial charge in [-0.15, -0.1) is 0 Å². The van der Waals surface area contributed by atoms with Gasteiger partial charge < -0.3 is 5.32 Å². The molecule has 2 aromatic rings. The maximum atomic E-state index is 6.08. The lowest BCUT2D eigenvalue weighted by Crippen LogP contribution is -2.25. The molecule has 1 aromatic carbocycles. The van der Waals surface area contributed by atoms with Crippen LogP contribution in [0.4, 0.5) is 0 Å². The van der Waals surface area contributed by atoms with E-state index in [4.69, 9.17) is 11.6 Å². The Morgan fingerprint density at radius 1 is 1.19 bits per heavy atom. The van der Waals surface area contributed by atoms with Gasteiger partial charge in [-0.3, -0.25) is 4.98 Å². The van der Waals surface area contributed by atoms with Crippen molar-refractivity contribution in [1.29, 1.82) is 0 Å². The molecule has 112 valence electrons. The topological polar surface area (TPSA) is 24.9 Å². The van der Waals surface area contributed by atoms with E-state index in [0.29, 0.717) is 5.92 Å². The maximum Gasteiger partial charge on any atom is 0.0410 e. The zero-order valence-corrected chi connectivity index (χ0v) is 14.5. The van der Waals surface area contributed by atoms with Gasteiger partial charge >= 0.3 is 0 Å². The average molecular weight is 368 g/mol. The number of nitrogens with zero attached hydrogens (tertiary/aromatic N) is 1. The SMILES string of the molecule is CCNCC(Cc1cccc(Cl)c1)Cc1cncc(Br)c1. The molecule has 0 bridgehead atoms. The highest BCUT2D eigenvalue weighted by Crippen LogP contribution is 2.19. The number of hydrogen-bond acceptors (Lipinski definition) is 2. The van der Waals surface area contributed by atoms with Crippen LogP contribution in [-0.4, -0.2) is 18.1 Å². The normalized spacial score (nSPS) is 12.3. The molecular weight excluding hydrogens is 348 g/mol. The molecule has 2 rings (SSSR count). The van der Waals surface area contributed by atoms with Crippen LogP contribution in [0.25, 0.3) is 0 Å². The number of hydrogen-bond donors (Lipinski definition) is 1. The predicted molar refractivity (Wildman–Crippen MR) is 92.8 cm³/mol. The summed E-state index contributed by atoms with van der Waals surface area (Å²) < 4.78 is 1.03. The van der Waals surface area contributed by atoms with Crippen molar-refractivity contribution in [2.75, 3.05) is 13.1 Å².